The lowest BCUT2D eigenvalue weighted by Gasteiger charge is -2.23. The van der Waals surface area contributed by atoms with Crippen LogP contribution in [0.5, 0.6) is 5.75 Å². The Kier molecular flexibility index (Phi) is 5.93. The molecular formula is C21H26N2O4S. The molecule has 6 nitrogen and oxygen atoms in total. The maximum atomic E-state index is 12.6. The van der Waals surface area contributed by atoms with Crippen molar-refractivity contribution in [3.63, 3.8) is 0 Å². The molecule has 2 aromatic carbocycles. The van der Waals surface area contributed by atoms with Gasteiger partial charge in [0.05, 0.1) is 25.1 Å². The first-order chi connectivity index (χ1) is 13.3. The lowest BCUT2D eigenvalue weighted by Crippen LogP contribution is -2.41. The summed E-state index contributed by atoms with van der Waals surface area (Å²) in [4.78, 5) is 12.6. The molecule has 1 amide bonds. The lowest BCUT2D eigenvalue weighted by atomic mass is 10.0. The van der Waals surface area contributed by atoms with Crippen LogP contribution in [0, 0.1) is 0 Å². The monoisotopic (exact) mass is 402 g/mol. The van der Waals surface area contributed by atoms with E-state index in [1.807, 2.05) is 13.0 Å². The fourth-order valence-corrected chi connectivity index (χ4v) is 4.37. The minimum absolute atomic E-state index is 0.198. The molecule has 1 aliphatic rings. The van der Waals surface area contributed by atoms with E-state index in [9.17, 15) is 13.2 Å². The minimum atomic E-state index is -3.61. The second kappa shape index (κ2) is 8.22. The number of methoxy groups -OCH3 is 1. The van der Waals surface area contributed by atoms with Gasteiger partial charge in [0.1, 0.15) is 12.3 Å². The summed E-state index contributed by atoms with van der Waals surface area (Å²) in [5.41, 5.74) is 4.17. The molecule has 0 unspecified atom stereocenters. The summed E-state index contributed by atoms with van der Waals surface area (Å²) in [5, 5.41) is 2.91. The van der Waals surface area contributed by atoms with Gasteiger partial charge in [-0.2, -0.15) is 0 Å². The van der Waals surface area contributed by atoms with Gasteiger partial charge in [-0.05, 0) is 67.1 Å². The second-order valence-corrected chi connectivity index (χ2v) is 9.05. The number of fused-ring (bicyclic) bond motifs is 1. The number of rotatable bonds is 7. The predicted molar refractivity (Wildman–Crippen MR) is 110 cm³/mol. The summed E-state index contributed by atoms with van der Waals surface area (Å²) < 4.78 is 30.6. The highest BCUT2D eigenvalue weighted by Gasteiger charge is 2.22. The molecule has 7 heteroatoms. The molecule has 3 rings (SSSR count). The first kappa shape index (κ1) is 20.2. The average molecular weight is 403 g/mol. The van der Waals surface area contributed by atoms with Gasteiger partial charge in [0.25, 0.3) is 0 Å². The number of carbonyl (C=O) groups excluding carboxylic acids is 1. The zero-order valence-electron chi connectivity index (χ0n) is 16.4. The lowest BCUT2D eigenvalue weighted by molar-refractivity contribution is -0.120. The summed E-state index contributed by atoms with van der Waals surface area (Å²) >= 11 is 0. The molecule has 0 saturated heterocycles. The van der Waals surface area contributed by atoms with Crippen molar-refractivity contribution in [3.05, 3.63) is 59.2 Å². The molecule has 0 spiro atoms. The smallest absolute Gasteiger partial charge is 0.241 e. The maximum absolute atomic E-state index is 12.6. The Labute approximate surface area is 166 Å². The number of hydrogen-bond donors (Lipinski definition) is 1. The van der Waals surface area contributed by atoms with Crippen molar-refractivity contribution in [3.8, 4) is 5.75 Å². The molecule has 0 fully saturated rings. The SMILES string of the molecule is COc1ccc(N(CC(=O)N[C@@H](C)c2ccc3c(c2)CCC3)S(C)(=O)=O)cc1. The van der Waals surface area contributed by atoms with Crippen LogP contribution in [-0.2, 0) is 27.7 Å². The quantitative estimate of drug-likeness (QED) is 0.773. The van der Waals surface area contributed by atoms with Crippen molar-refractivity contribution in [2.45, 2.75) is 32.2 Å². The number of nitrogens with one attached hydrogen (secondary N) is 1. The first-order valence-electron chi connectivity index (χ1n) is 9.31. The second-order valence-electron chi connectivity index (χ2n) is 7.14. The third-order valence-electron chi connectivity index (χ3n) is 5.05. The number of ether oxygens (including phenoxy) is 1. The fourth-order valence-electron chi connectivity index (χ4n) is 3.51. The zero-order chi connectivity index (χ0) is 20.3. The molecule has 28 heavy (non-hydrogen) atoms. The number of hydrogen-bond acceptors (Lipinski definition) is 4. The van der Waals surface area contributed by atoms with Gasteiger partial charge in [-0.1, -0.05) is 18.2 Å². The van der Waals surface area contributed by atoms with E-state index in [0.717, 1.165) is 29.0 Å². The number of sulfonamides is 1. The van der Waals surface area contributed by atoms with E-state index in [1.165, 1.54) is 24.7 Å². The number of anilines is 1. The highest BCUT2D eigenvalue weighted by molar-refractivity contribution is 7.92. The normalized spacial score (nSPS) is 14.2. The highest BCUT2D eigenvalue weighted by atomic mass is 32.2. The Morgan fingerprint density at radius 1 is 1.14 bits per heavy atom. The Morgan fingerprint density at radius 2 is 1.82 bits per heavy atom. The van der Waals surface area contributed by atoms with Crippen molar-refractivity contribution < 1.29 is 17.9 Å². The largest absolute Gasteiger partial charge is 0.497 e. The maximum Gasteiger partial charge on any atom is 0.241 e. The van der Waals surface area contributed by atoms with Gasteiger partial charge in [-0.15, -0.1) is 0 Å². The van der Waals surface area contributed by atoms with Crippen molar-refractivity contribution in [1.29, 1.82) is 0 Å². The molecular weight excluding hydrogens is 376 g/mol. The first-order valence-corrected chi connectivity index (χ1v) is 11.2. The Hall–Kier alpha value is -2.54. The molecule has 0 radical (unpaired) electrons. The van der Waals surface area contributed by atoms with Crippen LogP contribution in [0.15, 0.2) is 42.5 Å². The van der Waals surface area contributed by atoms with E-state index < -0.39 is 10.0 Å². The zero-order valence-corrected chi connectivity index (χ0v) is 17.3. The Bertz CT molecular complexity index is 955. The van der Waals surface area contributed by atoms with E-state index in [-0.39, 0.29) is 18.5 Å². The van der Waals surface area contributed by atoms with Gasteiger partial charge >= 0.3 is 0 Å². The summed E-state index contributed by atoms with van der Waals surface area (Å²) in [6.07, 6.45) is 4.45. The van der Waals surface area contributed by atoms with Gasteiger partial charge in [0.15, 0.2) is 0 Å². The van der Waals surface area contributed by atoms with Gasteiger partial charge in [-0.3, -0.25) is 9.10 Å². The van der Waals surface area contributed by atoms with Crippen LogP contribution in [0.3, 0.4) is 0 Å². The number of aryl methyl sites for hydroxylation is 2. The third-order valence-corrected chi connectivity index (χ3v) is 6.19. The van der Waals surface area contributed by atoms with Crippen molar-refractivity contribution in [2.75, 3.05) is 24.2 Å². The molecule has 1 N–H and O–H groups in total. The average Bonchev–Trinajstić information content (AvgIpc) is 3.13. The summed E-state index contributed by atoms with van der Waals surface area (Å²) in [7, 11) is -2.07. The summed E-state index contributed by atoms with van der Waals surface area (Å²) in [5.74, 6) is 0.265. The number of nitrogens with zero attached hydrogens (tertiary/aromatic N) is 1. The van der Waals surface area contributed by atoms with E-state index in [1.54, 1.807) is 24.3 Å². The Balaban J connectivity index is 1.71. The van der Waals surface area contributed by atoms with E-state index in [2.05, 4.69) is 17.4 Å². The number of carbonyl (C=O) groups is 1. The fraction of sp³-hybridized carbons (Fsp3) is 0.381. The van der Waals surface area contributed by atoms with Crippen LogP contribution in [0.4, 0.5) is 5.69 Å². The molecule has 0 aliphatic heterocycles. The molecule has 150 valence electrons. The molecule has 0 heterocycles. The van der Waals surface area contributed by atoms with Gasteiger partial charge in [0.2, 0.25) is 15.9 Å². The predicted octanol–water partition coefficient (Wildman–Crippen LogP) is 2.83. The molecule has 0 aromatic heterocycles. The topological polar surface area (TPSA) is 75.7 Å². The van der Waals surface area contributed by atoms with Crippen LogP contribution < -0.4 is 14.4 Å². The van der Waals surface area contributed by atoms with E-state index in [4.69, 9.17) is 4.74 Å². The number of amides is 1. The van der Waals surface area contributed by atoms with Crippen LogP contribution in [0.2, 0.25) is 0 Å². The molecule has 2 aromatic rings. The van der Waals surface area contributed by atoms with Crippen LogP contribution in [0.1, 0.15) is 36.1 Å². The highest BCUT2D eigenvalue weighted by Crippen LogP contribution is 2.26. The molecule has 0 bridgehead atoms. The van der Waals surface area contributed by atoms with E-state index >= 15 is 0 Å². The van der Waals surface area contributed by atoms with Crippen molar-refractivity contribution >= 4 is 21.6 Å². The van der Waals surface area contributed by atoms with Crippen LogP contribution in [0.25, 0.3) is 0 Å². The van der Waals surface area contributed by atoms with Gasteiger partial charge in [-0.25, -0.2) is 8.42 Å². The summed E-state index contributed by atoms with van der Waals surface area (Å²) in [6.45, 7) is 1.63. The number of benzene rings is 2. The Morgan fingerprint density at radius 3 is 2.46 bits per heavy atom. The molecule has 0 saturated carbocycles. The minimum Gasteiger partial charge on any atom is -0.497 e. The summed E-state index contributed by atoms with van der Waals surface area (Å²) in [6, 6.07) is 12.7. The van der Waals surface area contributed by atoms with Gasteiger partial charge in [0, 0.05) is 0 Å². The van der Waals surface area contributed by atoms with Crippen molar-refractivity contribution in [2.24, 2.45) is 0 Å². The van der Waals surface area contributed by atoms with Crippen LogP contribution in [-0.4, -0.2) is 34.2 Å². The van der Waals surface area contributed by atoms with Crippen LogP contribution >= 0.6 is 0 Å². The van der Waals surface area contributed by atoms with Gasteiger partial charge < -0.3 is 10.1 Å². The molecule has 1 atom stereocenters. The molecule has 1 aliphatic carbocycles. The standard InChI is InChI=1S/C21H26N2O4S/c1-15(17-8-7-16-5-4-6-18(16)13-17)22-21(24)14-23(28(3,25)26)19-9-11-20(27-2)12-10-19/h7-13,15H,4-6,14H2,1-3H3,(H,22,24)/t15-/m0/s1. The third kappa shape index (κ3) is 4.65. The van der Waals surface area contributed by atoms with E-state index in [0.29, 0.717) is 11.4 Å². The van der Waals surface area contributed by atoms with Crippen molar-refractivity contribution in [1.82, 2.24) is 5.32 Å².